The maximum absolute atomic E-state index is 13.2. The molecular formula is C28H18N2O6. The van der Waals surface area contributed by atoms with Crippen molar-refractivity contribution in [2.45, 2.75) is 6.10 Å². The number of carbonyl (C=O) groups is 3. The van der Waals surface area contributed by atoms with Gasteiger partial charge in [0.1, 0.15) is 5.56 Å². The summed E-state index contributed by atoms with van der Waals surface area (Å²) in [6, 6.07) is 28.3. The number of hydrogen-bond acceptors (Lipinski definition) is 6. The van der Waals surface area contributed by atoms with Crippen LogP contribution in [-0.2, 0) is 4.74 Å². The zero-order valence-corrected chi connectivity index (χ0v) is 18.7. The lowest BCUT2D eigenvalue weighted by Gasteiger charge is -2.20. The molecule has 8 nitrogen and oxygen atoms in total. The van der Waals surface area contributed by atoms with E-state index in [-0.39, 0.29) is 22.4 Å². The van der Waals surface area contributed by atoms with E-state index < -0.39 is 34.5 Å². The van der Waals surface area contributed by atoms with Gasteiger partial charge in [-0.05, 0) is 35.4 Å². The summed E-state index contributed by atoms with van der Waals surface area (Å²) in [5, 5.41) is 11.4. The average Bonchev–Trinajstić information content (AvgIpc) is 3.17. The van der Waals surface area contributed by atoms with Crippen molar-refractivity contribution in [3.05, 3.63) is 141 Å². The largest absolute Gasteiger partial charge is 0.449 e. The maximum atomic E-state index is 13.2. The molecule has 176 valence electrons. The van der Waals surface area contributed by atoms with Gasteiger partial charge in [0.25, 0.3) is 17.5 Å². The van der Waals surface area contributed by atoms with Crippen LogP contribution in [0.5, 0.6) is 0 Å². The van der Waals surface area contributed by atoms with Gasteiger partial charge in [-0.3, -0.25) is 19.7 Å². The van der Waals surface area contributed by atoms with Gasteiger partial charge < -0.3 is 4.74 Å². The number of fused-ring (bicyclic) bond motifs is 1. The van der Waals surface area contributed by atoms with E-state index in [9.17, 15) is 24.5 Å². The van der Waals surface area contributed by atoms with Crippen LogP contribution in [0.2, 0.25) is 0 Å². The summed E-state index contributed by atoms with van der Waals surface area (Å²) < 4.78 is 5.88. The zero-order valence-electron chi connectivity index (χ0n) is 18.7. The minimum absolute atomic E-state index is 0.0598. The fraction of sp³-hybridized carbons (Fsp3) is 0.0357. The van der Waals surface area contributed by atoms with Gasteiger partial charge in [0.05, 0.1) is 21.7 Å². The molecule has 0 N–H and O–H groups in total. The second-order valence-corrected chi connectivity index (χ2v) is 8.06. The molecule has 0 radical (unpaired) electrons. The predicted octanol–water partition coefficient (Wildman–Crippen LogP) is 5.34. The SMILES string of the molecule is O=C(OC(c1ccccc1)c1ccccc1)c1cccc(N2C(=O)c3cccc([N+](=O)[O-])c3C2=O)c1. The Morgan fingerprint density at radius 2 is 1.39 bits per heavy atom. The van der Waals surface area contributed by atoms with Crippen LogP contribution >= 0.6 is 0 Å². The molecule has 5 rings (SSSR count). The van der Waals surface area contributed by atoms with Crippen LogP contribution < -0.4 is 4.90 Å². The summed E-state index contributed by atoms with van der Waals surface area (Å²) in [6.07, 6.45) is -0.675. The number of ether oxygens (including phenoxy) is 1. The van der Waals surface area contributed by atoms with Crippen molar-refractivity contribution >= 4 is 29.2 Å². The van der Waals surface area contributed by atoms with Gasteiger partial charge in [0.15, 0.2) is 6.10 Å². The second-order valence-electron chi connectivity index (χ2n) is 8.06. The highest BCUT2D eigenvalue weighted by atomic mass is 16.6. The number of anilines is 1. The number of benzene rings is 4. The van der Waals surface area contributed by atoms with E-state index in [0.29, 0.717) is 0 Å². The first-order chi connectivity index (χ1) is 17.5. The van der Waals surface area contributed by atoms with E-state index >= 15 is 0 Å². The molecule has 0 unspecified atom stereocenters. The number of carbonyl (C=O) groups excluding carboxylic acids is 3. The van der Waals surface area contributed by atoms with Gasteiger partial charge in [-0.1, -0.05) is 72.8 Å². The highest BCUT2D eigenvalue weighted by molar-refractivity contribution is 6.35. The van der Waals surface area contributed by atoms with Gasteiger partial charge in [-0.2, -0.15) is 0 Å². The molecule has 0 atom stereocenters. The first-order valence-electron chi connectivity index (χ1n) is 11.0. The molecule has 4 aromatic carbocycles. The maximum Gasteiger partial charge on any atom is 0.339 e. The Labute approximate surface area is 205 Å². The summed E-state index contributed by atoms with van der Waals surface area (Å²) in [7, 11) is 0. The van der Waals surface area contributed by atoms with Crippen molar-refractivity contribution in [2.75, 3.05) is 4.90 Å². The van der Waals surface area contributed by atoms with Crippen LogP contribution in [0.4, 0.5) is 11.4 Å². The molecule has 0 saturated carbocycles. The molecule has 2 amide bonds. The molecule has 1 heterocycles. The topological polar surface area (TPSA) is 107 Å². The lowest BCUT2D eigenvalue weighted by Crippen LogP contribution is -2.29. The van der Waals surface area contributed by atoms with E-state index in [1.165, 1.54) is 42.5 Å². The molecule has 0 bridgehead atoms. The number of nitro groups is 1. The van der Waals surface area contributed by atoms with Crippen LogP contribution in [-0.4, -0.2) is 22.7 Å². The van der Waals surface area contributed by atoms with Crippen LogP contribution in [0.1, 0.15) is 48.3 Å². The molecular weight excluding hydrogens is 460 g/mol. The Hall–Kier alpha value is -5.11. The normalized spacial score (nSPS) is 12.5. The van der Waals surface area contributed by atoms with Crippen molar-refractivity contribution in [3.63, 3.8) is 0 Å². The van der Waals surface area contributed by atoms with E-state index in [1.54, 1.807) is 0 Å². The summed E-state index contributed by atoms with van der Waals surface area (Å²) in [6.45, 7) is 0. The summed E-state index contributed by atoms with van der Waals surface area (Å²) in [4.78, 5) is 50.7. The number of esters is 1. The molecule has 0 aliphatic carbocycles. The summed E-state index contributed by atoms with van der Waals surface area (Å²) in [5.41, 5.74) is 1.01. The fourth-order valence-electron chi connectivity index (χ4n) is 4.19. The molecule has 8 heteroatoms. The van der Waals surface area contributed by atoms with Crippen molar-refractivity contribution < 1.29 is 24.0 Å². The smallest absolute Gasteiger partial charge is 0.339 e. The Morgan fingerprint density at radius 1 is 0.778 bits per heavy atom. The van der Waals surface area contributed by atoms with Crippen LogP contribution in [0, 0.1) is 10.1 Å². The third kappa shape index (κ3) is 4.01. The number of imide groups is 1. The zero-order chi connectivity index (χ0) is 25.2. The van der Waals surface area contributed by atoms with E-state index in [1.807, 2.05) is 60.7 Å². The van der Waals surface area contributed by atoms with E-state index in [0.717, 1.165) is 16.0 Å². The van der Waals surface area contributed by atoms with Crippen molar-refractivity contribution in [3.8, 4) is 0 Å². The third-order valence-electron chi connectivity index (χ3n) is 5.86. The monoisotopic (exact) mass is 478 g/mol. The van der Waals surface area contributed by atoms with Gasteiger partial charge >= 0.3 is 5.97 Å². The van der Waals surface area contributed by atoms with Crippen LogP contribution in [0.3, 0.4) is 0 Å². The lowest BCUT2D eigenvalue weighted by molar-refractivity contribution is -0.385. The fourth-order valence-corrected chi connectivity index (χ4v) is 4.19. The van der Waals surface area contributed by atoms with Gasteiger partial charge in [0, 0.05) is 6.07 Å². The Morgan fingerprint density at radius 3 is 2.00 bits per heavy atom. The van der Waals surface area contributed by atoms with Crippen molar-refractivity contribution in [1.82, 2.24) is 0 Å². The molecule has 0 fully saturated rings. The summed E-state index contributed by atoms with van der Waals surface area (Å²) in [5.74, 6) is -2.17. The van der Waals surface area contributed by atoms with E-state index in [2.05, 4.69) is 0 Å². The number of amides is 2. The Bertz CT molecular complexity index is 1460. The minimum atomic E-state index is -0.820. The molecule has 0 saturated heterocycles. The molecule has 1 aliphatic rings. The second kappa shape index (κ2) is 9.27. The van der Waals surface area contributed by atoms with Gasteiger partial charge in [-0.25, -0.2) is 9.69 Å². The highest BCUT2D eigenvalue weighted by Gasteiger charge is 2.42. The van der Waals surface area contributed by atoms with E-state index in [4.69, 9.17) is 4.74 Å². The predicted molar refractivity (Wildman–Crippen MR) is 131 cm³/mol. The molecule has 36 heavy (non-hydrogen) atoms. The molecule has 0 aromatic heterocycles. The standard InChI is InChI=1S/C28H18N2O6/c31-26-22-15-8-16-23(30(34)35)24(22)27(32)29(26)21-14-7-13-20(17-21)28(33)36-25(18-9-3-1-4-10-18)19-11-5-2-6-12-19/h1-17,25H. The highest BCUT2D eigenvalue weighted by Crippen LogP contribution is 2.34. The molecule has 4 aromatic rings. The average molecular weight is 478 g/mol. The van der Waals surface area contributed by atoms with Gasteiger partial charge in [0.2, 0.25) is 0 Å². The van der Waals surface area contributed by atoms with Crippen LogP contribution in [0.15, 0.2) is 103 Å². The Balaban J connectivity index is 1.46. The van der Waals surface area contributed by atoms with Crippen molar-refractivity contribution in [1.29, 1.82) is 0 Å². The number of nitrogens with zero attached hydrogens (tertiary/aromatic N) is 2. The van der Waals surface area contributed by atoms with Crippen molar-refractivity contribution in [2.24, 2.45) is 0 Å². The number of hydrogen-bond donors (Lipinski definition) is 0. The van der Waals surface area contributed by atoms with Gasteiger partial charge in [-0.15, -0.1) is 0 Å². The first-order valence-corrected chi connectivity index (χ1v) is 11.0. The number of rotatable bonds is 6. The Kier molecular flexibility index (Phi) is 5.83. The minimum Gasteiger partial charge on any atom is -0.449 e. The van der Waals surface area contributed by atoms with Crippen LogP contribution in [0.25, 0.3) is 0 Å². The summed E-state index contributed by atoms with van der Waals surface area (Å²) >= 11 is 0. The first kappa shape index (κ1) is 22.7. The molecule has 0 spiro atoms. The number of nitro benzene ring substituents is 1. The quantitative estimate of drug-likeness (QED) is 0.160. The lowest BCUT2D eigenvalue weighted by atomic mass is 10.0. The third-order valence-corrected chi connectivity index (χ3v) is 5.86. The molecule has 1 aliphatic heterocycles.